The average molecular weight is 216 g/mol. The maximum absolute atomic E-state index is 11.6. The zero-order valence-corrected chi connectivity index (χ0v) is 8.43. The lowest BCUT2D eigenvalue weighted by atomic mass is 10.3. The second-order valence-corrected chi connectivity index (χ2v) is 4.05. The molecule has 0 bridgehead atoms. The third-order valence-corrected chi connectivity index (χ3v) is 2.80. The van der Waals surface area contributed by atoms with Gasteiger partial charge in [0.05, 0.1) is 37.9 Å². The van der Waals surface area contributed by atoms with E-state index in [2.05, 4.69) is 5.32 Å². The fraction of sp³-hybridized carbons (Fsp3) is 0.889. The number of rotatable bonds is 1. The molecule has 86 valence electrons. The van der Waals surface area contributed by atoms with Crippen LogP contribution in [-0.4, -0.2) is 65.7 Å². The molecule has 0 aromatic carbocycles. The summed E-state index contributed by atoms with van der Waals surface area (Å²) in [5.74, 6) is 0. The molecule has 0 radical (unpaired) electrons. The first kappa shape index (κ1) is 10.7. The summed E-state index contributed by atoms with van der Waals surface area (Å²) in [5.41, 5.74) is 0. The van der Waals surface area contributed by atoms with Crippen LogP contribution in [0.1, 0.15) is 6.42 Å². The number of nitrogens with one attached hydrogen (secondary N) is 1. The summed E-state index contributed by atoms with van der Waals surface area (Å²) >= 11 is 0. The molecule has 0 saturated carbocycles. The highest BCUT2D eigenvalue weighted by Crippen LogP contribution is 2.11. The molecule has 0 spiro atoms. The molecule has 6 nitrogen and oxygen atoms in total. The number of β-amino-alcohol motifs (C(OH)–C–C–N with tert-alkyl or cyclic N) is 2. The number of nitrogens with zero attached hydrogens (tertiary/aromatic N) is 1. The minimum absolute atomic E-state index is 0.0624. The van der Waals surface area contributed by atoms with Crippen LogP contribution in [0, 0.1) is 0 Å². The molecule has 2 amide bonds. The highest BCUT2D eigenvalue weighted by Gasteiger charge is 2.33. The standard InChI is InChI=1S/C9H16N2O4/c12-7-3-11(4-8(7)13)9(14)10-6-1-2-15-5-6/h6-8,12-13H,1-5H2,(H,10,14)/t6?,7-,8+. The monoisotopic (exact) mass is 216 g/mol. The summed E-state index contributed by atoms with van der Waals surface area (Å²) in [7, 11) is 0. The number of aliphatic hydroxyl groups is 2. The van der Waals surface area contributed by atoms with E-state index in [1.807, 2.05) is 0 Å². The number of carbonyl (C=O) groups is 1. The highest BCUT2D eigenvalue weighted by atomic mass is 16.5. The molecule has 2 saturated heterocycles. The minimum Gasteiger partial charge on any atom is -0.388 e. The summed E-state index contributed by atoms with van der Waals surface area (Å²) in [6.07, 6.45) is -0.823. The molecule has 15 heavy (non-hydrogen) atoms. The van der Waals surface area contributed by atoms with Crippen LogP contribution in [0.25, 0.3) is 0 Å². The molecule has 2 fully saturated rings. The fourth-order valence-electron chi connectivity index (χ4n) is 1.85. The Kier molecular flexibility index (Phi) is 3.08. The van der Waals surface area contributed by atoms with E-state index in [-0.39, 0.29) is 25.2 Å². The first-order chi connectivity index (χ1) is 7.16. The molecule has 2 aliphatic heterocycles. The van der Waals surface area contributed by atoms with Gasteiger partial charge in [-0.3, -0.25) is 0 Å². The van der Waals surface area contributed by atoms with Crippen LogP contribution in [0.4, 0.5) is 4.79 Å². The molecular weight excluding hydrogens is 200 g/mol. The van der Waals surface area contributed by atoms with Gasteiger partial charge in [0.15, 0.2) is 0 Å². The Labute approximate surface area is 87.8 Å². The third-order valence-electron chi connectivity index (χ3n) is 2.80. The van der Waals surface area contributed by atoms with Crippen molar-refractivity contribution in [3.05, 3.63) is 0 Å². The number of hydrogen-bond acceptors (Lipinski definition) is 4. The molecule has 0 aromatic rings. The lowest BCUT2D eigenvalue weighted by Crippen LogP contribution is -2.44. The molecule has 2 aliphatic rings. The molecule has 0 aliphatic carbocycles. The summed E-state index contributed by atoms with van der Waals surface area (Å²) in [6.45, 7) is 1.61. The van der Waals surface area contributed by atoms with Gasteiger partial charge in [0.1, 0.15) is 0 Å². The van der Waals surface area contributed by atoms with Crippen molar-refractivity contribution in [1.29, 1.82) is 0 Å². The van der Waals surface area contributed by atoms with Gasteiger partial charge in [-0.25, -0.2) is 4.79 Å². The number of carbonyl (C=O) groups excluding carboxylic acids is 1. The Morgan fingerprint density at radius 3 is 2.53 bits per heavy atom. The van der Waals surface area contributed by atoms with Crippen molar-refractivity contribution in [2.75, 3.05) is 26.3 Å². The Bertz CT molecular complexity index is 232. The van der Waals surface area contributed by atoms with Gasteiger partial charge in [-0.1, -0.05) is 0 Å². The van der Waals surface area contributed by atoms with Gasteiger partial charge in [0.2, 0.25) is 0 Å². The molecular formula is C9H16N2O4. The molecule has 0 aromatic heterocycles. The summed E-state index contributed by atoms with van der Waals surface area (Å²) in [6, 6.07) is -0.173. The van der Waals surface area contributed by atoms with E-state index in [1.165, 1.54) is 4.90 Å². The fourth-order valence-corrected chi connectivity index (χ4v) is 1.85. The normalized spacial score (nSPS) is 35.9. The van der Waals surface area contributed by atoms with Crippen LogP contribution in [0.15, 0.2) is 0 Å². The van der Waals surface area contributed by atoms with E-state index in [4.69, 9.17) is 4.74 Å². The maximum Gasteiger partial charge on any atom is 0.317 e. The smallest absolute Gasteiger partial charge is 0.317 e. The van der Waals surface area contributed by atoms with Crippen LogP contribution in [0.5, 0.6) is 0 Å². The molecule has 2 heterocycles. The van der Waals surface area contributed by atoms with Crippen molar-refractivity contribution in [2.24, 2.45) is 0 Å². The van der Waals surface area contributed by atoms with E-state index in [9.17, 15) is 15.0 Å². The van der Waals surface area contributed by atoms with Crippen molar-refractivity contribution in [2.45, 2.75) is 24.7 Å². The predicted molar refractivity (Wildman–Crippen MR) is 51.3 cm³/mol. The van der Waals surface area contributed by atoms with Crippen molar-refractivity contribution in [1.82, 2.24) is 10.2 Å². The highest BCUT2D eigenvalue weighted by molar-refractivity contribution is 5.75. The van der Waals surface area contributed by atoms with Gasteiger partial charge in [-0.05, 0) is 6.42 Å². The van der Waals surface area contributed by atoms with E-state index >= 15 is 0 Å². The molecule has 3 N–H and O–H groups in total. The Hall–Kier alpha value is -0.850. The summed E-state index contributed by atoms with van der Waals surface area (Å²) in [4.78, 5) is 13.1. The van der Waals surface area contributed by atoms with Crippen LogP contribution < -0.4 is 5.32 Å². The lowest BCUT2D eigenvalue weighted by molar-refractivity contribution is 0.0572. The Balaban J connectivity index is 1.81. The zero-order chi connectivity index (χ0) is 10.8. The Morgan fingerprint density at radius 1 is 1.33 bits per heavy atom. The van der Waals surface area contributed by atoms with Crippen LogP contribution in [-0.2, 0) is 4.74 Å². The third kappa shape index (κ3) is 2.39. The lowest BCUT2D eigenvalue weighted by Gasteiger charge is -2.19. The van der Waals surface area contributed by atoms with Gasteiger partial charge in [0.25, 0.3) is 0 Å². The number of amides is 2. The maximum atomic E-state index is 11.6. The molecule has 6 heteroatoms. The summed E-state index contributed by atoms with van der Waals surface area (Å²) in [5, 5.41) is 21.4. The second-order valence-electron chi connectivity index (χ2n) is 4.05. The molecule has 2 rings (SSSR count). The van der Waals surface area contributed by atoms with Crippen molar-refractivity contribution >= 4 is 6.03 Å². The van der Waals surface area contributed by atoms with Crippen LogP contribution in [0.3, 0.4) is 0 Å². The van der Waals surface area contributed by atoms with Gasteiger partial charge in [-0.2, -0.15) is 0 Å². The number of aliphatic hydroxyl groups excluding tert-OH is 2. The average Bonchev–Trinajstić information content (AvgIpc) is 2.78. The largest absolute Gasteiger partial charge is 0.388 e. The minimum atomic E-state index is -0.824. The van der Waals surface area contributed by atoms with Crippen molar-refractivity contribution in [3.63, 3.8) is 0 Å². The van der Waals surface area contributed by atoms with E-state index in [1.54, 1.807) is 0 Å². The van der Waals surface area contributed by atoms with Gasteiger partial charge >= 0.3 is 6.03 Å². The van der Waals surface area contributed by atoms with Crippen LogP contribution >= 0.6 is 0 Å². The van der Waals surface area contributed by atoms with Gasteiger partial charge in [-0.15, -0.1) is 0 Å². The quantitative estimate of drug-likeness (QED) is 0.499. The molecule has 1 unspecified atom stereocenters. The van der Waals surface area contributed by atoms with E-state index < -0.39 is 12.2 Å². The number of hydrogen-bond donors (Lipinski definition) is 3. The topological polar surface area (TPSA) is 82.0 Å². The first-order valence-corrected chi connectivity index (χ1v) is 5.16. The van der Waals surface area contributed by atoms with Crippen molar-refractivity contribution in [3.8, 4) is 0 Å². The van der Waals surface area contributed by atoms with Crippen molar-refractivity contribution < 1.29 is 19.7 Å². The Morgan fingerprint density at radius 2 is 2.00 bits per heavy atom. The van der Waals surface area contributed by atoms with Gasteiger partial charge < -0.3 is 25.2 Å². The predicted octanol–water partition coefficient (Wildman–Crippen LogP) is -1.48. The number of likely N-dealkylation sites (tertiary alicyclic amines) is 1. The first-order valence-electron chi connectivity index (χ1n) is 5.16. The van der Waals surface area contributed by atoms with E-state index in [0.717, 1.165) is 6.42 Å². The summed E-state index contributed by atoms with van der Waals surface area (Å²) < 4.78 is 5.13. The van der Waals surface area contributed by atoms with Crippen LogP contribution in [0.2, 0.25) is 0 Å². The second kappa shape index (κ2) is 4.34. The number of urea groups is 1. The van der Waals surface area contributed by atoms with E-state index in [0.29, 0.717) is 13.2 Å². The zero-order valence-electron chi connectivity index (χ0n) is 8.43. The number of ether oxygens (including phenoxy) is 1. The SMILES string of the molecule is O=C(NC1CCOC1)N1C[C@@H](O)[C@@H](O)C1. The molecule has 3 atom stereocenters. The van der Waals surface area contributed by atoms with Gasteiger partial charge in [0, 0.05) is 6.61 Å².